The average molecular weight is 448 g/mol. The lowest BCUT2D eigenvalue weighted by molar-refractivity contribution is -0.133. The van der Waals surface area contributed by atoms with E-state index >= 15 is 0 Å². The van der Waals surface area contributed by atoms with E-state index in [4.69, 9.17) is 4.74 Å². The molecule has 3 amide bonds. The van der Waals surface area contributed by atoms with E-state index in [0.29, 0.717) is 30.5 Å². The first-order valence-electron chi connectivity index (χ1n) is 11.6. The van der Waals surface area contributed by atoms with Gasteiger partial charge in [0.1, 0.15) is 17.5 Å². The molecule has 1 aliphatic carbocycles. The summed E-state index contributed by atoms with van der Waals surface area (Å²) in [5, 5.41) is 5.71. The number of rotatable bonds is 7. The van der Waals surface area contributed by atoms with Crippen molar-refractivity contribution >= 4 is 23.3 Å². The van der Waals surface area contributed by atoms with Crippen LogP contribution in [-0.4, -0.2) is 45.4 Å². The highest BCUT2D eigenvalue weighted by atomic mass is 16.5. The monoisotopic (exact) mass is 447 g/mol. The van der Waals surface area contributed by atoms with Crippen molar-refractivity contribution in [3.05, 3.63) is 60.6 Å². The summed E-state index contributed by atoms with van der Waals surface area (Å²) in [6.07, 6.45) is 10.5. The number of aromatic nitrogens is 2. The van der Waals surface area contributed by atoms with Crippen LogP contribution in [0.5, 0.6) is 5.75 Å². The second-order valence-corrected chi connectivity index (χ2v) is 8.91. The molecule has 8 nitrogen and oxygen atoms in total. The van der Waals surface area contributed by atoms with E-state index in [1.165, 1.54) is 12.8 Å². The molecular formula is C25H29N5O3. The number of nitrogens with zero attached hydrogens (tertiary/aromatic N) is 3. The molecule has 172 valence electrons. The van der Waals surface area contributed by atoms with Crippen molar-refractivity contribution in [1.82, 2.24) is 19.6 Å². The molecule has 8 heteroatoms. The Morgan fingerprint density at radius 2 is 1.82 bits per heavy atom. The fourth-order valence-corrected chi connectivity index (χ4v) is 4.15. The van der Waals surface area contributed by atoms with E-state index in [2.05, 4.69) is 15.6 Å². The summed E-state index contributed by atoms with van der Waals surface area (Å²) >= 11 is 0. The first-order valence-corrected chi connectivity index (χ1v) is 11.6. The standard InChI is InChI=1S/C25H29N5O3/c31-24(16-18-1-2-18)30-12-8-22(9-13-30)33-21-5-3-20(4-6-21)28-25(32)27-17-19-7-11-29-14-10-26-23(29)15-19/h3-7,10-11,14-15,18,22H,1-2,8-9,12-13,16-17H2,(H2,27,28,32). The van der Waals surface area contributed by atoms with Crippen molar-refractivity contribution < 1.29 is 14.3 Å². The smallest absolute Gasteiger partial charge is 0.319 e. The molecule has 1 saturated carbocycles. The largest absolute Gasteiger partial charge is 0.490 e. The first kappa shape index (κ1) is 21.3. The zero-order chi connectivity index (χ0) is 22.6. The quantitative estimate of drug-likeness (QED) is 0.576. The van der Waals surface area contributed by atoms with E-state index < -0.39 is 0 Å². The Morgan fingerprint density at radius 1 is 1.03 bits per heavy atom. The highest BCUT2D eigenvalue weighted by Gasteiger charge is 2.29. The zero-order valence-corrected chi connectivity index (χ0v) is 18.6. The van der Waals surface area contributed by atoms with Crippen molar-refractivity contribution in [3.63, 3.8) is 0 Å². The Kier molecular flexibility index (Phi) is 6.15. The predicted octanol–water partition coefficient (Wildman–Crippen LogP) is 3.83. The van der Waals surface area contributed by atoms with E-state index in [0.717, 1.165) is 42.9 Å². The number of hydrogen-bond acceptors (Lipinski definition) is 4. The molecule has 0 unspecified atom stereocenters. The number of anilines is 1. The maximum absolute atomic E-state index is 12.3. The highest BCUT2D eigenvalue weighted by molar-refractivity contribution is 5.89. The third kappa shape index (κ3) is 5.63. The summed E-state index contributed by atoms with van der Waals surface area (Å²) in [5.41, 5.74) is 2.53. The predicted molar refractivity (Wildman–Crippen MR) is 125 cm³/mol. The fraction of sp³-hybridized carbons (Fsp3) is 0.400. The number of benzene rings is 1. The minimum atomic E-state index is -0.268. The molecule has 2 N–H and O–H groups in total. The summed E-state index contributed by atoms with van der Waals surface area (Å²) in [6.45, 7) is 1.95. The van der Waals surface area contributed by atoms with Crippen LogP contribution < -0.4 is 15.4 Å². The molecule has 3 aromatic rings. The first-order chi connectivity index (χ1) is 16.1. The van der Waals surface area contributed by atoms with Gasteiger partial charge in [-0.15, -0.1) is 0 Å². The molecule has 0 bridgehead atoms. The van der Waals surface area contributed by atoms with Crippen LogP contribution >= 0.6 is 0 Å². The minimum absolute atomic E-state index is 0.115. The molecule has 5 rings (SSSR count). The van der Waals surface area contributed by atoms with E-state index in [1.807, 2.05) is 58.1 Å². The number of piperidine rings is 1. The van der Waals surface area contributed by atoms with Gasteiger partial charge in [-0.05, 0) is 60.7 Å². The molecule has 1 saturated heterocycles. The van der Waals surface area contributed by atoms with Crippen LogP contribution in [0.1, 0.15) is 37.7 Å². The number of imidazole rings is 1. The number of amides is 3. The van der Waals surface area contributed by atoms with Crippen molar-refractivity contribution in [2.24, 2.45) is 5.92 Å². The van der Waals surface area contributed by atoms with Crippen LogP contribution in [0.3, 0.4) is 0 Å². The van der Waals surface area contributed by atoms with E-state index in [1.54, 1.807) is 6.20 Å². The number of nitrogens with one attached hydrogen (secondary N) is 2. The van der Waals surface area contributed by atoms with Gasteiger partial charge in [-0.1, -0.05) is 0 Å². The molecule has 1 aromatic carbocycles. The second-order valence-electron chi connectivity index (χ2n) is 8.91. The van der Waals surface area contributed by atoms with Gasteiger partial charge in [0.15, 0.2) is 0 Å². The number of urea groups is 1. The maximum atomic E-state index is 12.3. The minimum Gasteiger partial charge on any atom is -0.490 e. The molecule has 0 radical (unpaired) electrons. The van der Waals surface area contributed by atoms with Gasteiger partial charge >= 0.3 is 6.03 Å². The summed E-state index contributed by atoms with van der Waals surface area (Å²) in [7, 11) is 0. The van der Waals surface area contributed by atoms with E-state index in [-0.39, 0.29) is 12.1 Å². The SMILES string of the molecule is O=C(NCc1ccn2ccnc2c1)Nc1ccc(OC2CCN(C(=O)CC3CC3)CC2)cc1. The molecular weight excluding hydrogens is 418 g/mol. The molecule has 1 aliphatic heterocycles. The molecule has 3 heterocycles. The zero-order valence-electron chi connectivity index (χ0n) is 18.6. The van der Waals surface area contributed by atoms with Crippen molar-refractivity contribution in [3.8, 4) is 5.75 Å². The van der Waals surface area contributed by atoms with Crippen LogP contribution in [-0.2, 0) is 11.3 Å². The van der Waals surface area contributed by atoms with Gasteiger partial charge in [0.25, 0.3) is 0 Å². The topological polar surface area (TPSA) is 88.0 Å². The van der Waals surface area contributed by atoms with Crippen LogP contribution in [0, 0.1) is 5.92 Å². The second kappa shape index (κ2) is 9.52. The number of carbonyl (C=O) groups excluding carboxylic acids is 2. The molecule has 0 spiro atoms. The Morgan fingerprint density at radius 3 is 2.58 bits per heavy atom. The van der Waals surface area contributed by atoms with Crippen molar-refractivity contribution in [2.45, 2.75) is 44.8 Å². The third-order valence-corrected chi connectivity index (χ3v) is 6.29. The number of likely N-dealkylation sites (tertiary alicyclic amines) is 1. The molecule has 2 aromatic heterocycles. The Balaban J connectivity index is 1.05. The molecule has 33 heavy (non-hydrogen) atoms. The maximum Gasteiger partial charge on any atom is 0.319 e. The van der Waals surface area contributed by atoms with Crippen molar-refractivity contribution in [1.29, 1.82) is 0 Å². The van der Waals surface area contributed by atoms with Crippen LogP contribution in [0.25, 0.3) is 5.65 Å². The van der Waals surface area contributed by atoms with Crippen LogP contribution in [0.2, 0.25) is 0 Å². The number of hydrogen-bond donors (Lipinski definition) is 2. The number of ether oxygens (including phenoxy) is 1. The lowest BCUT2D eigenvalue weighted by Crippen LogP contribution is -2.41. The normalized spacial score (nSPS) is 16.5. The summed E-state index contributed by atoms with van der Waals surface area (Å²) in [5.74, 6) is 1.70. The summed E-state index contributed by atoms with van der Waals surface area (Å²) < 4.78 is 8.02. The highest BCUT2D eigenvalue weighted by Crippen LogP contribution is 2.33. The lowest BCUT2D eigenvalue weighted by atomic mass is 10.1. The molecule has 0 atom stereocenters. The Hall–Kier alpha value is -3.55. The third-order valence-electron chi connectivity index (χ3n) is 6.29. The molecule has 2 aliphatic rings. The lowest BCUT2D eigenvalue weighted by Gasteiger charge is -2.32. The Labute approximate surface area is 192 Å². The van der Waals surface area contributed by atoms with Gasteiger partial charge in [0.05, 0.1) is 0 Å². The van der Waals surface area contributed by atoms with Gasteiger partial charge in [0.2, 0.25) is 5.91 Å². The van der Waals surface area contributed by atoms with Gasteiger partial charge in [-0.3, -0.25) is 4.79 Å². The fourth-order valence-electron chi connectivity index (χ4n) is 4.15. The number of fused-ring (bicyclic) bond motifs is 1. The van der Waals surface area contributed by atoms with Gasteiger partial charge in [0, 0.05) is 63.2 Å². The number of carbonyl (C=O) groups is 2. The van der Waals surface area contributed by atoms with Crippen LogP contribution in [0.15, 0.2) is 55.0 Å². The van der Waals surface area contributed by atoms with E-state index in [9.17, 15) is 9.59 Å². The van der Waals surface area contributed by atoms with Crippen LogP contribution in [0.4, 0.5) is 10.5 Å². The van der Waals surface area contributed by atoms with Gasteiger partial charge in [-0.2, -0.15) is 0 Å². The summed E-state index contributed by atoms with van der Waals surface area (Å²) in [4.78, 5) is 30.7. The summed E-state index contributed by atoms with van der Waals surface area (Å²) in [6, 6.07) is 11.0. The van der Waals surface area contributed by atoms with Gasteiger partial charge < -0.3 is 24.7 Å². The Bertz CT molecular complexity index is 1110. The average Bonchev–Trinajstić information content (AvgIpc) is 3.52. The number of pyridine rings is 1. The van der Waals surface area contributed by atoms with Gasteiger partial charge in [-0.25, -0.2) is 9.78 Å². The molecule has 2 fully saturated rings. The van der Waals surface area contributed by atoms with Crippen molar-refractivity contribution in [2.75, 3.05) is 18.4 Å².